The first-order chi connectivity index (χ1) is 10.2. The van der Waals surface area contributed by atoms with Crippen LogP contribution in [0.2, 0.25) is 0 Å². The third-order valence-electron chi connectivity index (χ3n) is 2.84. The predicted octanol–water partition coefficient (Wildman–Crippen LogP) is 2.45. The Morgan fingerprint density at radius 3 is 2.71 bits per heavy atom. The molecular weight excluding hydrogens is 310 g/mol. The fourth-order valence-corrected chi connectivity index (χ4v) is 3.75. The quantitative estimate of drug-likeness (QED) is 0.330. The van der Waals surface area contributed by atoms with Crippen LogP contribution in [-0.2, 0) is 19.1 Å². The van der Waals surface area contributed by atoms with Crippen LogP contribution >= 0.6 is 21.6 Å². The second-order valence-corrected chi connectivity index (χ2v) is 6.92. The molecule has 0 atom stereocenters. The fraction of sp³-hybridized carbons (Fsp3) is 0.429. The minimum atomic E-state index is -1.15. The van der Waals surface area contributed by atoms with E-state index in [1.807, 2.05) is 18.2 Å². The smallest absolute Gasteiger partial charge is 0.306 e. The van der Waals surface area contributed by atoms with Crippen molar-refractivity contribution in [3.8, 4) is 0 Å². The van der Waals surface area contributed by atoms with Crippen LogP contribution in [0.5, 0.6) is 0 Å². The Hall–Kier alpha value is -1.34. The number of carbonyl (C=O) groups is 3. The number of ketones is 2. The van der Waals surface area contributed by atoms with E-state index in [0.29, 0.717) is 6.42 Å². The summed E-state index contributed by atoms with van der Waals surface area (Å²) in [5.41, 5.74) is 0. The summed E-state index contributed by atoms with van der Waals surface area (Å²) in [4.78, 5) is 38.4. The van der Waals surface area contributed by atoms with E-state index >= 15 is 0 Å². The lowest BCUT2D eigenvalue weighted by Gasteiger charge is -2.08. The molecule has 0 spiro atoms. The first kappa shape index (κ1) is 16.0. The van der Waals surface area contributed by atoms with Gasteiger partial charge in [0.1, 0.15) is 5.03 Å². The zero-order valence-electron chi connectivity index (χ0n) is 11.3. The molecule has 1 saturated carbocycles. The summed E-state index contributed by atoms with van der Waals surface area (Å²) in [6, 6.07) is 5.70. The molecule has 0 unspecified atom stereocenters. The van der Waals surface area contributed by atoms with E-state index in [4.69, 9.17) is 4.74 Å². The average Bonchev–Trinajstić information content (AvgIpc) is 2.80. The third kappa shape index (κ3) is 5.17. The Bertz CT molecular complexity index is 505. The molecule has 7 heteroatoms. The number of ether oxygens (including phenoxy) is 1. The van der Waals surface area contributed by atoms with E-state index in [1.54, 1.807) is 27.8 Å². The monoisotopic (exact) mass is 325 g/mol. The standard InChI is InChI=1S/C14H15NO4S2/c16-10-6-7-11(17)14(10)19-13(18)5-3-9-20-21-12-4-1-2-8-15-12/h1-2,4,8,14H,3,5-7,9H2. The number of rotatable bonds is 7. The predicted molar refractivity (Wildman–Crippen MR) is 80.9 cm³/mol. The summed E-state index contributed by atoms with van der Waals surface area (Å²) >= 11 is 0. The van der Waals surface area contributed by atoms with Gasteiger partial charge in [0.15, 0.2) is 11.6 Å². The Labute approximate surface area is 130 Å². The van der Waals surface area contributed by atoms with Gasteiger partial charge in [-0.05, 0) is 29.3 Å². The van der Waals surface area contributed by atoms with Crippen LogP contribution in [0.4, 0.5) is 0 Å². The first-order valence-electron chi connectivity index (χ1n) is 6.62. The lowest BCUT2D eigenvalue weighted by molar-refractivity contribution is -0.157. The summed E-state index contributed by atoms with van der Waals surface area (Å²) in [6.07, 6.45) is 1.81. The molecule has 1 aliphatic carbocycles. The SMILES string of the molecule is O=C(CCCSSc1ccccn1)OC1C(=O)CCC1=O. The van der Waals surface area contributed by atoms with Gasteiger partial charge in [-0.25, -0.2) is 4.98 Å². The van der Waals surface area contributed by atoms with Crippen LogP contribution in [0.15, 0.2) is 29.4 Å². The topological polar surface area (TPSA) is 73.3 Å². The van der Waals surface area contributed by atoms with Crippen LogP contribution in [0.3, 0.4) is 0 Å². The lowest BCUT2D eigenvalue weighted by atomic mass is 10.2. The van der Waals surface area contributed by atoms with Crippen LogP contribution in [0.1, 0.15) is 25.7 Å². The average molecular weight is 325 g/mol. The van der Waals surface area contributed by atoms with Crippen molar-refractivity contribution in [2.75, 3.05) is 5.75 Å². The molecule has 2 rings (SSSR count). The molecule has 1 aliphatic rings. The van der Waals surface area contributed by atoms with Gasteiger partial charge < -0.3 is 4.74 Å². The molecule has 0 aliphatic heterocycles. The molecule has 5 nitrogen and oxygen atoms in total. The van der Waals surface area contributed by atoms with E-state index in [0.717, 1.165) is 10.8 Å². The zero-order valence-corrected chi connectivity index (χ0v) is 13.0. The van der Waals surface area contributed by atoms with Gasteiger partial charge >= 0.3 is 5.97 Å². The normalized spacial score (nSPS) is 15.4. The van der Waals surface area contributed by atoms with E-state index < -0.39 is 12.1 Å². The second-order valence-electron chi connectivity index (χ2n) is 4.48. The number of hydrogen-bond acceptors (Lipinski definition) is 7. The molecule has 1 aromatic heterocycles. The summed E-state index contributed by atoms with van der Waals surface area (Å²) < 4.78 is 4.93. The van der Waals surface area contributed by atoms with Crippen molar-refractivity contribution < 1.29 is 19.1 Å². The van der Waals surface area contributed by atoms with E-state index in [1.165, 1.54) is 0 Å². The molecule has 0 N–H and O–H groups in total. The minimum absolute atomic E-state index is 0.188. The van der Waals surface area contributed by atoms with Gasteiger partial charge in [0.05, 0.1) is 0 Å². The minimum Gasteiger partial charge on any atom is -0.446 e. The van der Waals surface area contributed by atoms with Crippen molar-refractivity contribution in [1.29, 1.82) is 0 Å². The van der Waals surface area contributed by atoms with Crippen molar-refractivity contribution in [2.45, 2.75) is 36.8 Å². The molecular formula is C14H15NO4S2. The van der Waals surface area contributed by atoms with Gasteiger partial charge in [-0.3, -0.25) is 14.4 Å². The summed E-state index contributed by atoms with van der Waals surface area (Å²) in [7, 11) is 3.16. The number of aromatic nitrogens is 1. The highest BCUT2D eigenvalue weighted by Crippen LogP contribution is 2.29. The van der Waals surface area contributed by atoms with Crippen molar-refractivity contribution in [3.05, 3.63) is 24.4 Å². The van der Waals surface area contributed by atoms with Crippen LogP contribution in [0.25, 0.3) is 0 Å². The highest BCUT2D eigenvalue weighted by molar-refractivity contribution is 8.76. The molecule has 0 saturated heterocycles. The van der Waals surface area contributed by atoms with Crippen LogP contribution < -0.4 is 0 Å². The van der Waals surface area contributed by atoms with E-state index in [9.17, 15) is 14.4 Å². The molecule has 0 radical (unpaired) electrons. The molecule has 1 heterocycles. The number of pyridine rings is 1. The molecule has 0 amide bonds. The molecule has 21 heavy (non-hydrogen) atoms. The van der Waals surface area contributed by atoms with E-state index in [-0.39, 0.29) is 30.8 Å². The highest BCUT2D eigenvalue weighted by atomic mass is 33.1. The van der Waals surface area contributed by atoms with Gasteiger partial charge in [-0.15, -0.1) is 0 Å². The Morgan fingerprint density at radius 1 is 1.29 bits per heavy atom. The number of hydrogen-bond donors (Lipinski definition) is 0. The zero-order chi connectivity index (χ0) is 15.1. The maximum atomic E-state index is 11.6. The number of Topliss-reactive ketones (excluding diaryl/α,β-unsaturated/α-hetero) is 2. The summed E-state index contributed by atoms with van der Waals surface area (Å²) in [5, 5.41) is 0.923. The Kier molecular flexibility index (Phi) is 6.25. The molecule has 1 fully saturated rings. The van der Waals surface area contributed by atoms with Gasteiger partial charge in [0.2, 0.25) is 6.10 Å². The van der Waals surface area contributed by atoms with Crippen molar-refractivity contribution >= 4 is 39.1 Å². The maximum absolute atomic E-state index is 11.6. The van der Waals surface area contributed by atoms with Crippen molar-refractivity contribution in [2.24, 2.45) is 0 Å². The summed E-state index contributed by atoms with van der Waals surface area (Å²) in [5.74, 6) is -0.281. The third-order valence-corrected chi connectivity index (χ3v) is 5.19. The Morgan fingerprint density at radius 2 is 2.05 bits per heavy atom. The van der Waals surface area contributed by atoms with Gasteiger partial charge in [-0.2, -0.15) is 0 Å². The van der Waals surface area contributed by atoms with Crippen LogP contribution in [0, 0.1) is 0 Å². The highest BCUT2D eigenvalue weighted by Gasteiger charge is 2.35. The van der Waals surface area contributed by atoms with Gasteiger partial charge in [-0.1, -0.05) is 16.9 Å². The van der Waals surface area contributed by atoms with Gasteiger partial charge in [0, 0.05) is 31.2 Å². The molecule has 0 aromatic carbocycles. The number of esters is 1. The fourth-order valence-electron chi connectivity index (χ4n) is 1.78. The molecule has 1 aromatic rings. The lowest BCUT2D eigenvalue weighted by Crippen LogP contribution is -2.28. The Balaban J connectivity index is 1.59. The first-order valence-corrected chi connectivity index (χ1v) is 8.94. The van der Waals surface area contributed by atoms with E-state index in [2.05, 4.69) is 4.98 Å². The number of carbonyl (C=O) groups excluding carboxylic acids is 3. The number of nitrogens with zero attached hydrogens (tertiary/aromatic N) is 1. The molecule has 0 bridgehead atoms. The van der Waals surface area contributed by atoms with Gasteiger partial charge in [0.25, 0.3) is 0 Å². The van der Waals surface area contributed by atoms with Crippen molar-refractivity contribution in [3.63, 3.8) is 0 Å². The summed E-state index contributed by atoms with van der Waals surface area (Å²) in [6.45, 7) is 0. The second kappa shape index (κ2) is 8.19. The largest absolute Gasteiger partial charge is 0.446 e. The maximum Gasteiger partial charge on any atom is 0.306 e. The van der Waals surface area contributed by atoms with Crippen molar-refractivity contribution in [1.82, 2.24) is 4.98 Å². The van der Waals surface area contributed by atoms with Crippen LogP contribution in [-0.4, -0.2) is 34.4 Å². The molecule has 112 valence electrons.